The summed E-state index contributed by atoms with van der Waals surface area (Å²) in [4.78, 5) is 2.49. The zero-order valence-electron chi connectivity index (χ0n) is 12.8. The van der Waals surface area contributed by atoms with Gasteiger partial charge in [0.15, 0.2) is 0 Å². The Bertz CT molecular complexity index is 619. The predicted octanol–water partition coefficient (Wildman–Crippen LogP) is 5.21. The Morgan fingerprint density at radius 3 is 2.57 bits per heavy atom. The molecule has 3 rings (SSSR count). The number of benzene rings is 2. The smallest absolute Gasteiger partial charge is 0.0547 e. The molecule has 0 fully saturated rings. The maximum absolute atomic E-state index is 3.80. The Kier molecular flexibility index (Phi) is 4.34. The van der Waals surface area contributed by atoms with E-state index in [0.717, 1.165) is 25.9 Å². The topological polar surface area (TPSA) is 3.24 Å². The normalized spacial score (nSPS) is 13.8. The maximum Gasteiger partial charge on any atom is 0.0547 e. The first kappa shape index (κ1) is 14.6. The molecule has 2 heteroatoms. The van der Waals surface area contributed by atoms with E-state index in [1.54, 1.807) is 0 Å². The molecular weight excluding hydrogens is 322 g/mol. The van der Waals surface area contributed by atoms with Gasteiger partial charge < -0.3 is 4.90 Å². The van der Waals surface area contributed by atoms with Crippen LogP contribution in [-0.2, 0) is 19.4 Å². The average molecular weight is 344 g/mol. The van der Waals surface area contributed by atoms with Crippen LogP contribution >= 0.6 is 15.9 Å². The number of rotatable bonds is 4. The molecule has 0 unspecified atom stereocenters. The zero-order valence-corrected chi connectivity index (χ0v) is 14.4. The lowest BCUT2D eigenvalue weighted by atomic mass is 10.00. The summed E-state index contributed by atoms with van der Waals surface area (Å²) < 4.78 is 1.25. The van der Waals surface area contributed by atoms with E-state index in [0.29, 0.717) is 5.92 Å². The third kappa shape index (κ3) is 3.32. The standard InChI is InChI=1S/C19H22BrN/c1-14(2)10-16-11-17-8-9-21(19(17)18(20)12-16)13-15-6-4-3-5-7-15/h3-7,11-12,14H,8-10,13H2,1-2H3. The molecule has 0 atom stereocenters. The number of hydrogen-bond acceptors (Lipinski definition) is 1. The Balaban J connectivity index is 1.85. The van der Waals surface area contributed by atoms with Crippen LogP contribution in [0.2, 0.25) is 0 Å². The van der Waals surface area contributed by atoms with Gasteiger partial charge in [-0.05, 0) is 57.4 Å². The van der Waals surface area contributed by atoms with Gasteiger partial charge in [0.05, 0.1) is 5.69 Å². The molecule has 0 amide bonds. The Morgan fingerprint density at radius 1 is 1.10 bits per heavy atom. The van der Waals surface area contributed by atoms with Crippen LogP contribution in [0.15, 0.2) is 46.9 Å². The molecule has 1 nitrogen and oxygen atoms in total. The van der Waals surface area contributed by atoms with Crippen LogP contribution in [0.1, 0.15) is 30.5 Å². The molecule has 21 heavy (non-hydrogen) atoms. The highest BCUT2D eigenvalue weighted by Crippen LogP contribution is 2.37. The van der Waals surface area contributed by atoms with Crippen molar-refractivity contribution in [3.63, 3.8) is 0 Å². The quantitative estimate of drug-likeness (QED) is 0.736. The Labute approximate surface area is 136 Å². The Morgan fingerprint density at radius 2 is 1.86 bits per heavy atom. The van der Waals surface area contributed by atoms with Gasteiger partial charge in [-0.2, -0.15) is 0 Å². The largest absolute Gasteiger partial charge is 0.366 e. The fraction of sp³-hybridized carbons (Fsp3) is 0.368. The summed E-state index contributed by atoms with van der Waals surface area (Å²) in [5, 5.41) is 0. The van der Waals surface area contributed by atoms with Crippen LogP contribution in [0.3, 0.4) is 0 Å². The van der Waals surface area contributed by atoms with Gasteiger partial charge in [0.2, 0.25) is 0 Å². The van der Waals surface area contributed by atoms with Gasteiger partial charge in [-0.3, -0.25) is 0 Å². The third-order valence-electron chi connectivity index (χ3n) is 4.03. The van der Waals surface area contributed by atoms with E-state index in [4.69, 9.17) is 0 Å². The molecule has 0 bridgehead atoms. The molecule has 1 aliphatic heterocycles. The van der Waals surface area contributed by atoms with E-state index >= 15 is 0 Å². The summed E-state index contributed by atoms with van der Waals surface area (Å²) in [5.74, 6) is 0.705. The first-order chi connectivity index (χ1) is 10.1. The minimum Gasteiger partial charge on any atom is -0.366 e. The van der Waals surface area contributed by atoms with Crippen LogP contribution in [-0.4, -0.2) is 6.54 Å². The van der Waals surface area contributed by atoms with Crippen LogP contribution in [0.4, 0.5) is 5.69 Å². The number of nitrogens with zero attached hydrogens (tertiary/aromatic N) is 1. The van der Waals surface area contributed by atoms with Crippen LogP contribution < -0.4 is 4.90 Å². The second-order valence-electron chi connectivity index (χ2n) is 6.34. The Hall–Kier alpha value is -1.28. The highest BCUT2D eigenvalue weighted by molar-refractivity contribution is 9.10. The molecule has 0 saturated carbocycles. The van der Waals surface area contributed by atoms with Crippen molar-refractivity contribution >= 4 is 21.6 Å². The van der Waals surface area contributed by atoms with Gasteiger partial charge in [0, 0.05) is 17.6 Å². The fourth-order valence-corrected chi connectivity index (χ4v) is 3.98. The maximum atomic E-state index is 3.80. The third-order valence-corrected chi connectivity index (χ3v) is 4.63. The lowest BCUT2D eigenvalue weighted by Crippen LogP contribution is -2.19. The van der Waals surface area contributed by atoms with Crippen molar-refractivity contribution in [2.24, 2.45) is 5.92 Å². The van der Waals surface area contributed by atoms with Gasteiger partial charge in [-0.15, -0.1) is 0 Å². The minimum absolute atomic E-state index is 0.705. The molecule has 0 radical (unpaired) electrons. The lowest BCUT2D eigenvalue weighted by Gasteiger charge is -2.21. The zero-order chi connectivity index (χ0) is 14.8. The average Bonchev–Trinajstić information content (AvgIpc) is 2.82. The van der Waals surface area contributed by atoms with E-state index in [1.807, 2.05) is 0 Å². The molecule has 2 aromatic rings. The first-order valence-electron chi connectivity index (χ1n) is 7.73. The fourth-order valence-electron chi connectivity index (χ4n) is 3.18. The van der Waals surface area contributed by atoms with Crippen molar-refractivity contribution in [1.29, 1.82) is 0 Å². The van der Waals surface area contributed by atoms with Crippen LogP contribution in [0, 0.1) is 5.92 Å². The van der Waals surface area contributed by atoms with Gasteiger partial charge in [0.1, 0.15) is 0 Å². The van der Waals surface area contributed by atoms with Crippen molar-refractivity contribution in [1.82, 2.24) is 0 Å². The highest BCUT2D eigenvalue weighted by Gasteiger charge is 2.22. The molecule has 1 aliphatic rings. The predicted molar refractivity (Wildman–Crippen MR) is 93.9 cm³/mol. The van der Waals surface area contributed by atoms with Gasteiger partial charge in [-0.1, -0.05) is 50.2 Å². The highest BCUT2D eigenvalue weighted by atomic mass is 79.9. The number of fused-ring (bicyclic) bond motifs is 1. The summed E-state index contributed by atoms with van der Waals surface area (Å²) in [5.41, 5.74) is 5.73. The molecule has 110 valence electrons. The SMILES string of the molecule is CC(C)Cc1cc(Br)c2c(c1)CCN2Cc1ccccc1. The molecule has 0 aliphatic carbocycles. The molecule has 0 saturated heterocycles. The van der Waals surface area contributed by atoms with E-state index in [-0.39, 0.29) is 0 Å². The number of halogens is 1. The van der Waals surface area contributed by atoms with E-state index in [2.05, 4.69) is 77.1 Å². The first-order valence-corrected chi connectivity index (χ1v) is 8.53. The summed E-state index contributed by atoms with van der Waals surface area (Å²) in [6.07, 6.45) is 2.32. The molecule has 0 spiro atoms. The summed E-state index contributed by atoms with van der Waals surface area (Å²) in [6, 6.07) is 15.4. The van der Waals surface area contributed by atoms with E-state index < -0.39 is 0 Å². The van der Waals surface area contributed by atoms with Gasteiger partial charge >= 0.3 is 0 Å². The summed E-state index contributed by atoms with van der Waals surface area (Å²) in [6.45, 7) is 6.68. The van der Waals surface area contributed by atoms with Crippen molar-refractivity contribution < 1.29 is 0 Å². The van der Waals surface area contributed by atoms with Gasteiger partial charge in [0.25, 0.3) is 0 Å². The van der Waals surface area contributed by atoms with Crippen molar-refractivity contribution in [3.05, 3.63) is 63.6 Å². The lowest BCUT2D eigenvalue weighted by molar-refractivity contribution is 0.647. The molecule has 1 heterocycles. The van der Waals surface area contributed by atoms with Crippen molar-refractivity contribution in [3.8, 4) is 0 Å². The second-order valence-corrected chi connectivity index (χ2v) is 7.19. The molecular formula is C19H22BrN. The molecule has 0 aromatic heterocycles. The van der Waals surface area contributed by atoms with Crippen LogP contribution in [0.25, 0.3) is 0 Å². The van der Waals surface area contributed by atoms with Gasteiger partial charge in [-0.25, -0.2) is 0 Å². The second kappa shape index (κ2) is 6.23. The summed E-state index contributed by atoms with van der Waals surface area (Å²) >= 11 is 3.80. The van der Waals surface area contributed by atoms with E-state index in [1.165, 1.54) is 26.9 Å². The molecule has 2 aromatic carbocycles. The monoisotopic (exact) mass is 343 g/mol. The minimum atomic E-state index is 0.705. The summed E-state index contributed by atoms with van der Waals surface area (Å²) in [7, 11) is 0. The number of anilines is 1. The van der Waals surface area contributed by atoms with Crippen LogP contribution in [0.5, 0.6) is 0 Å². The number of hydrogen-bond donors (Lipinski definition) is 0. The van der Waals surface area contributed by atoms with Crippen molar-refractivity contribution in [2.45, 2.75) is 33.2 Å². The van der Waals surface area contributed by atoms with Crippen molar-refractivity contribution in [2.75, 3.05) is 11.4 Å². The van der Waals surface area contributed by atoms with E-state index in [9.17, 15) is 0 Å². The molecule has 0 N–H and O–H groups in total.